The fraction of sp³-hybridized carbons (Fsp3) is 0.909. The molecule has 0 bridgehead atoms. The first-order chi connectivity index (χ1) is 13.4. The Labute approximate surface area is 175 Å². The maximum absolute atomic E-state index is 12.5. The van der Waals surface area contributed by atoms with Gasteiger partial charge in [0.15, 0.2) is 0 Å². The van der Waals surface area contributed by atoms with Crippen molar-refractivity contribution in [1.29, 1.82) is 0 Å². The molecule has 0 saturated carbocycles. The summed E-state index contributed by atoms with van der Waals surface area (Å²) in [5, 5.41) is 15.2. The molecule has 2 fully saturated rings. The summed E-state index contributed by atoms with van der Waals surface area (Å²) in [5.74, 6) is -0.298. The summed E-state index contributed by atoms with van der Waals surface area (Å²) in [6.07, 6.45) is 3.61. The summed E-state index contributed by atoms with van der Waals surface area (Å²) in [6.45, 7) is 13.4. The Balaban J connectivity index is 1.84. The van der Waals surface area contributed by atoms with E-state index in [2.05, 4.69) is 10.6 Å². The Hall–Kier alpha value is -1.18. The Morgan fingerprint density at radius 2 is 1.07 bits per heavy atom. The van der Waals surface area contributed by atoms with Crippen molar-refractivity contribution in [2.75, 3.05) is 26.2 Å². The summed E-state index contributed by atoms with van der Waals surface area (Å²) >= 11 is 0. The lowest BCUT2D eigenvalue weighted by atomic mass is 9.83. The van der Waals surface area contributed by atoms with Crippen LogP contribution in [0, 0.1) is 11.8 Å². The van der Waals surface area contributed by atoms with Crippen molar-refractivity contribution in [3.05, 3.63) is 0 Å². The van der Waals surface area contributed by atoms with Crippen molar-refractivity contribution in [3.8, 4) is 0 Å². The third kappa shape index (κ3) is 7.54. The van der Waals surface area contributed by atoms with E-state index < -0.39 is 28.7 Å². The maximum Gasteiger partial charge on any atom is 0.309 e. The highest BCUT2D eigenvalue weighted by Crippen LogP contribution is 2.31. The van der Waals surface area contributed by atoms with Gasteiger partial charge in [-0.1, -0.05) is 0 Å². The molecule has 168 valence electrons. The number of quaternary nitrogens is 2. The van der Waals surface area contributed by atoms with Crippen molar-refractivity contribution >= 4 is 11.9 Å². The second kappa shape index (κ2) is 9.75. The number of piperidine rings is 2. The minimum absolute atomic E-state index is 0.219. The Morgan fingerprint density at radius 3 is 1.38 bits per heavy atom. The van der Waals surface area contributed by atoms with E-state index in [9.17, 15) is 14.7 Å². The summed E-state index contributed by atoms with van der Waals surface area (Å²) in [6, 6.07) is 0. The number of rotatable bonds is 8. The third-order valence-corrected chi connectivity index (χ3v) is 6.65. The van der Waals surface area contributed by atoms with Crippen LogP contribution in [-0.4, -0.2) is 60.0 Å². The van der Waals surface area contributed by atoms with Crippen LogP contribution >= 0.6 is 0 Å². The van der Waals surface area contributed by atoms with E-state index in [1.54, 1.807) is 0 Å². The monoisotopic (exact) mass is 414 g/mol. The molecule has 0 aromatic rings. The SMILES string of the molecule is CC(O)(CC(=O)OC(C)(C)C1CC[NH2+]CC1)CC(=O)OC(C)(C)C1CC[NH2+]CC1. The summed E-state index contributed by atoms with van der Waals surface area (Å²) in [5.41, 5.74) is -2.62. The largest absolute Gasteiger partial charge is 0.459 e. The molecule has 0 aliphatic carbocycles. The number of hydrogen-bond acceptors (Lipinski definition) is 5. The minimum Gasteiger partial charge on any atom is -0.459 e. The number of aliphatic hydroxyl groups is 1. The molecule has 2 rings (SSSR count). The van der Waals surface area contributed by atoms with Gasteiger partial charge in [0, 0.05) is 37.5 Å². The first-order valence-electron chi connectivity index (χ1n) is 11.2. The van der Waals surface area contributed by atoms with Crippen LogP contribution in [-0.2, 0) is 19.1 Å². The highest BCUT2D eigenvalue weighted by molar-refractivity contribution is 5.75. The zero-order valence-electron chi connectivity index (χ0n) is 19.0. The van der Waals surface area contributed by atoms with Gasteiger partial charge in [-0.05, 0) is 34.6 Å². The Bertz CT molecular complexity index is 514. The molecule has 2 heterocycles. The Morgan fingerprint density at radius 1 is 0.759 bits per heavy atom. The predicted molar refractivity (Wildman–Crippen MR) is 109 cm³/mol. The molecule has 2 aliphatic rings. The zero-order valence-corrected chi connectivity index (χ0v) is 19.0. The van der Waals surface area contributed by atoms with E-state index in [-0.39, 0.29) is 12.8 Å². The topological polar surface area (TPSA) is 106 Å². The average molecular weight is 415 g/mol. The quantitative estimate of drug-likeness (QED) is 0.489. The normalized spacial score (nSPS) is 20.3. The molecule has 0 unspecified atom stereocenters. The predicted octanol–water partition coefficient (Wildman–Crippen LogP) is 0.108. The van der Waals surface area contributed by atoms with Gasteiger partial charge < -0.3 is 25.2 Å². The third-order valence-electron chi connectivity index (χ3n) is 6.65. The van der Waals surface area contributed by atoms with E-state index in [4.69, 9.17) is 9.47 Å². The van der Waals surface area contributed by atoms with E-state index in [1.165, 1.54) is 6.92 Å². The van der Waals surface area contributed by atoms with E-state index in [1.807, 2.05) is 27.7 Å². The van der Waals surface area contributed by atoms with E-state index in [0.29, 0.717) is 11.8 Å². The van der Waals surface area contributed by atoms with Crippen LogP contribution in [0.5, 0.6) is 0 Å². The number of carbonyl (C=O) groups is 2. The standard InChI is InChI=1S/C22H40N2O5/c1-20(2,16-6-10-23-11-7-16)28-18(25)14-22(5,27)15-19(26)29-21(3,4)17-8-12-24-13-9-17/h16-17,23-24,27H,6-15H2,1-5H3/p+2. The fourth-order valence-electron chi connectivity index (χ4n) is 4.75. The summed E-state index contributed by atoms with van der Waals surface area (Å²) < 4.78 is 11.4. The van der Waals surface area contributed by atoms with Crippen LogP contribution in [0.25, 0.3) is 0 Å². The van der Waals surface area contributed by atoms with E-state index in [0.717, 1.165) is 51.9 Å². The minimum atomic E-state index is -1.49. The first-order valence-corrected chi connectivity index (χ1v) is 11.2. The van der Waals surface area contributed by atoms with Crippen molar-refractivity contribution in [3.63, 3.8) is 0 Å². The Kier molecular flexibility index (Phi) is 8.10. The number of nitrogens with two attached hydrogens (primary N) is 2. The van der Waals surface area contributed by atoms with Gasteiger partial charge in [0.2, 0.25) is 0 Å². The second-order valence-corrected chi connectivity index (χ2v) is 10.3. The van der Waals surface area contributed by atoms with Crippen LogP contribution in [0.4, 0.5) is 0 Å². The molecule has 0 amide bonds. The molecule has 5 N–H and O–H groups in total. The van der Waals surface area contributed by atoms with Gasteiger partial charge >= 0.3 is 11.9 Å². The van der Waals surface area contributed by atoms with Crippen LogP contribution in [0.15, 0.2) is 0 Å². The number of carbonyl (C=O) groups excluding carboxylic acids is 2. The van der Waals surface area contributed by atoms with Gasteiger partial charge in [0.1, 0.15) is 11.2 Å². The highest BCUT2D eigenvalue weighted by Gasteiger charge is 2.39. The molecule has 29 heavy (non-hydrogen) atoms. The van der Waals surface area contributed by atoms with Gasteiger partial charge in [-0.3, -0.25) is 9.59 Å². The fourth-order valence-corrected chi connectivity index (χ4v) is 4.75. The first kappa shape index (κ1) is 24.1. The molecular weight excluding hydrogens is 372 g/mol. The number of ether oxygens (including phenoxy) is 2. The van der Waals surface area contributed by atoms with Gasteiger partial charge in [-0.2, -0.15) is 0 Å². The lowest BCUT2D eigenvalue weighted by molar-refractivity contribution is -0.666. The highest BCUT2D eigenvalue weighted by atomic mass is 16.6. The lowest BCUT2D eigenvalue weighted by Crippen LogP contribution is -2.86. The van der Waals surface area contributed by atoms with Crippen molar-refractivity contribution in [2.45, 2.75) is 89.9 Å². The zero-order chi connectivity index (χ0) is 21.7. The second-order valence-electron chi connectivity index (χ2n) is 10.3. The van der Waals surface area contributed by atoms with E-state index >= 15 is 0 Å². The summed E-state index contributed by atoms with van der Waals surface area (Å²) in [4.78, 5) is 25.0. The van der Waals surface area contributed by atoms with Crippen LogP contribution in [0.1, 0.15) is 73.1 Å². The van der Waals surface area contributed by atoms with Gasteiger partial charge in [0.05, 0.1) is 44.6 Å². The smallest absolute Gasteiger partial charge is 0.309 e. The van der Waals surface area contributed by atoms with Crippen molar-refractivity contribution in [2.24, 2.45) is 11.8 Å². The molecular formula is C22H42N2O5+2. The van der Waals surface area contributed by atoms with Crippen LogP contribution < -0.4 is 10.6 Å². The lowest BCUT2D eigenvalue weighted by Gasteiger charge is -2.37. The molecule has 2 aliphatic heterocycles. The van der Waals surface area contributed by atoms with Crippen molar-refractivity contribution in [1.82, 2.24) is 0 Å². The molecule has 0 atom stereocenters. The van der Waals surface area contributed by atoms with Crippen molar-refractivity contribution < 1.29 is 34.8 Å². The van der Waals surface area contributed by atoms with Gasteiger partial charge in [-0.25, -0.2) is 0 Å². The molecule has 7 heteroatoms. The molecule has 0 aromatic heterocycles. The average Bonchev–Trinajstić information content (AvgIpc) is 2.61. The molecule has 0 spiro atoms. The van der Waals surface area contributed by atoms with Crippen LogP contribution in [0.2, 0.25) is 0 Å². The molecule has 0 aromatic carbocycles. The summed E-state index contributed by atoms with van der Waals surface area (Å²) in [7, 11) is 0. The van der Waals surface area contributed by atoms with Gasteiger partial charge in [-0.15, -0.1) is 0 Å². The van der Waals surface area contributed by atoms with Crippen LogP contribution in [0.3, 0.4) is 0 Å². The molecule has 2 saturated heterocycles. The molecule has 7 nitrogen and oxygen atoms in total. The maximum atomic E-state index is 12.5. The number of esters is 2. The molecule has 0 radical (unpaired) electrons. The number of hydrogen-bond donors (Lipinski definition) is 3. The van der Waals surface area contributed by atoms with Gasteiger partial charge in [0.25, 0.3) is 0 Å².